The summed E-state index contributed by atoms with van der Waals surface area (Å²) in [5.74, 6) is 0.812. The molecule has 0 spiro atoms. The Morgan fingerprint density at radius 3 is 2.41 bits per heavy atom. The van der Waals surface area contributed by atoms with Crippen LogP contribution >= 0.6 is 28.1 Å². The number of nitrogens with one attached hydrogen (secondary N) is 1. The summed E-state index contributed by atoms with van der Waals surface area (Å²) in [4.78, 5) is 6.87. The Labute approximate surface area is 213 Å². The standard InChI is InChI=1S/C27H25BrN4OS/c1-17-16-21(18(2)31(17)24-10-5-4-8-22(24)28)26-25(23-9-6-7-15-29-23)30-27(34)32(26)19-11-13-20(33-3)14-12-19/h4-16,25-26H,1-3H3,(H,30,34)/t25-,26-/m1/s1. The molecule has 0 amide bonds. The van der Waals surface area contributed by atoms with Crippen molar-refractivity contribution in [3.63, 3.8) is 0 Å². The van der Waals surface area contributed by atoms with Gasteiger partial charge < -0.3 is 19.5 Å². The van der Waals surface area contributed by atoms with Gasteiger partial charge in [0.05, 0.1) is 30.6 Å². The minimum absolute atomic E-state index is 0.0711. The van der Waals surface area contributed by atoms with Crippen molar-refractivity contribution in [3.8, 4) is 11.4 Å². The molecule has 0 radical (unpaired) electrons. The number of methoxy groups -OCH3 is 1. The van der Waals surface area contributed by atoms with Crippen LogP contribution in [0.25, 0.3) is 5.69 Å². The van der Waals surface area contributed by atoms with Gasteiger partial charge in [0.25, 0.3) is 0 Å². The lowest BCUT2D eigenvalue weighted by Crippen LogP contribution is -2.29. The Hall–Kier alpha value is -3.16. The van der Waals surface area contributed by atoms with Gasteiger partial charge >= 0.3 is 0 Å². The number of thiocarbonyl (C=S) groups is 1. The highest BCUT2D eigenvalue weighted by molar-refractivity contribution is 9.10. The first-order valence-electron chi connectivity index (χ1n) is 11.1. The number of hydrogen-bond acceptors (Lipinski definition) is 3. The molecule has 1 N–H and O–H groups in total. The lowest BCUT2D eigenvalue weighted by atomic mass is 9.96. The molecule has 1 fully saturated rings. The molecule has 1 saturated heterocycles. The monoisotopic (exact) mass is 532 g/mol. The fourth-order valence-electron chi connectivity index (χ4n) is 4.78. The van der Waals surface area contributed by atoms with E-state index in [-0.39, 0.29) is 12.1 Å². The van der Waals surface area contributed by atoms with E-state index in [4.69, 9.17) is 17.0 Å². The molecular formula is C27H25BrN4OS. The summed E-state index contributed by atoms with van der Waals surface area (Å²) < 4.78 is 8.72. The second kappa shape index (κ2) is 9.24. The highest BCUT2D eigenvalue weighted by atomic mass is 79.9. The molecule has 3 heterocycles. The highest BCUT2D eigenvalue weighted by Crippen LogP contribution is 2.44. The van der Waals surface area contributed by atoms with Gasteiger partial charge in [0.1, 0.15) is 5.75 Å². The third-order valence-corrected chi connectivity index (χ3v) is 7.32. The van der Waals surface area contributed by atoms with Crippen molar-refractivity contribution in [2.45, 2.75) is 25.9 Å². The van der Waals surface area contributed by atoms with Gasteiger partial charge in [-0.1, -0.05) is 18.2 Å². The number of para-hydroxylation sites is 1. The van der Waals surface area contributed by atoms with Gasteiger partial charge in [-0.25, -0.2) is 0 Å². The fraction of sp³-hybridized carbons (Fsp3) is 0.185. The molecule has 172 valence electrons. The van der Waals surface area contributed by atoms with E-state index in [1.807, 2.05) is 48.7 Å². The highest BCUT2D eigenvalue weighted by Gasteiger charge is 2.42. The van der Waals surface area contributed by atoms with Crippen LogP contribution in [-0.2, 0) is 0 Å². The average molecular weight is 533 g/mol. The molecule has 1 aliphatic rings. The van der Waals surface area contributed by atoms with E-state index in [0.29, 0.717) is 5.11 Å². The molecule has 0 saturated carbocycles. The zero-order valence-corrected chi connectivity index (χ0v) is 21.6. The maximum absolute atomic E-state index is 5.88. The summed E-state index contributed by atoms with van der Waals surface area (Å²) in [5, 5.41) is 4.23. The molecule has 5 nitrogen and oxygen atoms in total. The zero-order valence-electron chi connectivity index (χ0n) is 19.2. The first kappa shape index (κ1) is 22.6. The van der Waals surface area contributed by atoms with Crippen molar-refractivity contribution in [1.29, 1.82) is 0 Å². The maximum atomic E-state index is 5.88. The number of hydrogen-bond donors (Lipinski definition) is 1. The van der Waals surface area contributed by atoms with Crippen LogP contribution in [0, 0.1) is 13.8 Å². The minimum atomic E-state index is -0.0936. The zero-order chi connectivity index (χ0) is 23.8. The summed E-state index contributed by atoms with van der Waals surface area (Å²) in [7, 11) is 1.67. The van der Waals surface area contributed by atoms with Crippen molar-refractivity contribution in [1.82, 2.24) is 14.9 Å². The van der Waals surface area contributed by atoms with Crippen LogP contribution in [0.1, 0.15) is 34.7 Å². The Morgan fingerprint density at radius 2 is 1.74 bits per heavy atom. The van der Waals surface area contributed by atoms with Crippen LogP contribution in [0.15, 0.2) is 83.5 Å². The summed E-state index contributed by atoms with van der Waals surface area (Å²) in [6.07, 6.45) is 1.83. The van der Waals surface area contributed by atoms with Gasteiger partial charge in [-0.15, -0.1) is 0 Å². The third-order valence-electron chi connectivity index (χ3n) is 6.33. The first-order chi connectivity index (χ1) is 16.5. The largest absolute Gasteiger partial charge is 0.497 e. The molecule has 1 aliphatic heterocycles. The number of halogens is 1. The van der Waals surface area contributed by atoms with Gasteiger partial charge in [0.2, 0.25) is 0 Å². The normalized spacial score (nSPS) is 17.6. The Kier molecular flexibility index (Phi) is 6.15. The van der Waals surface area contributed by atoms with Crippen molar-refractivity contribution in [3.05, 3.63) is 106 Å². The van der Waals surface area contributed by atoms with E-state index >= 15 is 0 Å². The SMILES string of the molecule is COc1ccc(N2C(=S)N[C@H](c3ccccn3)[C@H]2c2cc(C)n(-c3ccccc3Br)c2C)cc1. The third kappa shape index (κ3) is 3.89. The second-order valence-electron chi connectivity index (χ2n) is 8.31. The van der Waals surface area contributed by atoms with Crippen LogP contribution in [0.3, 0.4) is 0 Å². The Balaban J connectivity index is 1.68. The quantitative estimate of drug-likeness (QED) is 0.299. The number of anilines is 1. The number of aromatic nitrogens is 2. The molecule has 4 aromatic rings. The number of rotatable bonds is 5. The van der Waals surface area contributed by atoms with Crippen molar-refractivity contribution in [2.24, 2.45) is 0 Å². The van der Waals surface area contributed by atoms with E-state index in [9.17, 15) is 0 Å². The van der Waals surface area contributed by atoms with Crippen molar-refractivity contribution in [2.75, 3.05) is 12.0 Å². The van der Waals surface area contributed by atoms with Crippen LogP contribution in [-0.4, -0.2) is 21.8 Å². The molecular weight excluding hydrogens is 508 g/mol. The topological polar surface area (TPSA) is 42.3 Å². The van der Waals surface area contributed by atoms with E-state index in [0.717, 1.165) is 33.0 Å². The van der Waals surface area contributed by atoms with E-state index in [2.05, 4.69) is 79.9 Å². The van der Waals surface area contributed by atoms with Gasteiger partial charge in [-0.05, 0) is 102 Å². The van der Waals surface area contributed by atoms with Crippen LogP contribution < -0.4 is 15.0 Å². The molecule has 0 bridgehead atoms. The van der Waals surface area contributed by atoms with Gasteiger partial charge in [-0.3, -0.25) is 4.98 Å². The fourth-order valence-corrected chi connectivity index (χ4v) is 5.59. The lowest BCUT2D eigenvalue weighted by molar-refractivity contribution is 0.415. The summed E-state index contributed by atoms with van der Waals surface area (Å²) in [6, 6.07) is 24.4. The summed E-state index contributed by atoms with van der Waals surface area (Å²) >= 11 is 9.60. The van der Waals surface area contributed by atoms with Crippen molar-refractivity contribution < 1.29 is 4.74 Å². The van der Waals surface area contributed by atoms with Crippen LogP contribution in [0.5, 0.6) is 5.75 Å². The number of pyridine rings is 1. The smallest absolute Gasteiger partial charge is 0.174 e. The summed E-state index contributed by atoms with van der Waals surface area (Å²) in [5.41, 5.74) is 6.60. The van der Waals surface area contributed by atoms with Crippen molar-refractivity contribution >= 4 is 38.9 Å². The van der Waals surface area contributed by atoms with E-state index in [1.54, 1.807) is 7.11 Å². The second-order valence-corrected chi connectivity index (χ2v) is 9.55. The van der Waals surface area contributed by atoms with Gasteiger partial charge in [0, 0.05) is 27.7 Å². The molecule has 0 unspecified atom stereocenters. The Bertz CT molecular complexity index is 1340. The number of aryl methyl sites for hydroxylation is 1. The molecule has 0 aliphatic carbocycles. The maximum Gasteiger partial charge on any atom is 0.174 e. The minimum Gasteiger partial charge on any atom is -0.497 e. The van der Waals surface area contributed by atoms with Gasteiger partial charge in [-0.2, -0.15) is 0 Å². The summed E-state index contributed by atoms with van der Waals surface area (Å²) in [6.45, 7) is 4.31. The lowest BCUT2D eigenvalue weighted by Gasteiger charge is -2.28. The Morgan fingerprint density at radius 1 is 1.00 bits per heavy atom. The first-order valence-corrected chi connectivity index (χ1v) is 12.3. The number of benzene rings is 2. The van der Waals surface area contributed by atoms with Crippen LogP contribution in [0.2, 0.25) is 0 Å². The molecule has 5 rings (SSSR count). The number of nitrogens with zero attached hydrogens (tertiary/aromatic N) is 3. The predicted octanol–water partition coefficient (Wildman–Crippen LogP) is 6.44. The number of ether oxygens (including phenoxy) is 1. The average Bonchev–Trinajstić information content (AvgIpc) is 3.35. The molecule has 2 aromatic heterocycles. The molecule has 34 heavy (non-hydrogen) atoms. The van der Waals surface area contributed by atoms with E-state index < -0.39 is 0 Å². The molecule has 2 atom stereocenters. The van der Waals surface area contributed by atoms with Crippen LogP contribution in [0.4, 0.5) is 5.69 Å². The molecule has 7 heteroatoms. The predicted molar refractivity (Wildman–Crippen MR) is 144 cm³/mol. The van der Waals surface area contributed by atoms with E-state index in [1.165, 1.54) is 11.3 Å². The molecule has 2 aromatic carbocycles. The van der Waals surface area contributed by atoms with Gasteiger partial charge in [0.15, 0.2) is 5.11 Å².